The number of imidazole rings is 1. The second-order valence-electron chi connectivity index (χ2n) is 16.8. The molecular formula is C44H60N8O6S2. The first-order valence-corrected chi connectivity index (χ1v) is 24.6. The van der Waals surface area contributed by atoms with Gasteiger partial charge in [0.1, 0.15) is 11.3 Å². The first-order chi connectivity index (χ1) is 29.1. The van der Waals surface area contributed by atoms with Crippen LogP contribution in [0.3, 0.4) is 0 Å². The summed E-state index contributed by atoms with van der Waals surface area (Å²) in [6, 6.07) is 2.25. The zero-order valence-corrected chi connectivity index (χ0v) is 36.8. The van der Waals surface area contributed by atoms with Gasteiger partial charge in [0.25, 0.3) is 0 Å². The van der Waals surface area contributed by atoms with Crippen LogP contribution in [0.1, 0.15) is 113 Å². The smallest absolute Gasteiger partial charge is 0.246 e. The van der Waals surface area contributed by atoms with Crippen molar-refractivity contribution in [1.82, 2.24) is 34.7 Å². The Kier molecular flexibility index (Phi) is 15.1. The number of aryl methyl sites for hydroxylation is 1. The van der Waals surface area contributed by atoms with Crippen LogP contribution in [0.4, 0.5) is 5.82 Å². The fourth-order valence-electron chi connectivity index (χ4n) is 8.75. The highest BCUT2D eigenvalue weighted by Gasteiger charge is 2.33. The zero-order chi connectivity index (χ0) is 42.1. The molecule has 16 heteroatoms. The van der Waals surface area contributed by atoms with Gasteiger partial charge in [0, 0.05) is 94.7 Å². The number of amides is 2. The van der Waals surface area contributed by atoms with Gasteiger partial charge in [0.15, 0.2) is 5.82 Å². The molecule has 2 aliphatic heterocycles. The maximum absolute atomic E-state index is 13.7. The fourth-order valence-corrected chi connectivity index (χ4v) is 10.6. The summed E-state index contributed by atoms with van der Waals surface area (Å²) in [5.41, 5.74) is 10.1. The molecule has 3 aliphatic rings. The zero-order valence-electron chi connectivity index (χ0n) is 35.1. The molecule has 3 N–H and O–H groups in total. The van der Waals surface area contributed by atoms with Crippen molar-refractivity contribution in [3.8, 4) is 11.8 Å². The van der Waals surface area contributed by atoms with Gasteiger partial charge in [-0.1, -0.05) is 25.2 Å². The van der Waals surface area contributed by atoms with E-state index in [0.717, 1.165) is 132 Å². The number of nitrogens with zero attached hydrogens (tertiary/aromatic N) is 6. The second kappa shape index (κ2) is 20.6. The number of ether oxygens (including phenoxy) is 2. The monoisotopic (exact) mass is 860 g/mol. The Morgan fingerprint density at radius 3 is 2.48 bits per heavy atom. The predicted octanol–water partition coefficient (Wildman–Crippen LogP) is 6.06. The van der Waals surface area contributed by atoms with E-state index < -0.39 is 9.84 Å². The molecule has 14 nitrogen and oxygen atoms in total. The molecular weight excluding hydrogens is 801 g/mol. The van der Waals surface area contributed by atoms with E-state index in [-0.39, 0.29) is 17.0 Å². The van der Waals surface area contributed by atoms with Gasteiger partial charge < -0.3 is 30.0 Å². The molecule has 0 atom stereocenters. The number of piperidine rings is 1. The standard InChI is InChI=1S/C44H60N8O6S2/c1-3-4-9-37-50-39-40(52(37)28-30-17-22-57-23-18-30)41-35(49-42(39)45)25-36(59-41)33-15-20-51(21-16-33)43(54)34-13-11-31(12-14-34)29-58-24-19-46-38(53)10-7-5-6-8-32-26-47-44(48-27-32)60(2,55)56/h25-27,30-31,33-34H,3-5,7,9-24,28-29H2,1-2H3,(H2,45,49)(H,46,53). The molecule has 60 heavy (non-hydrogen) atoms. The normalized spacial score (nSPS) is 19.4. The number of unbranched alkanes of at least 4 members (excludes halogenated alkanes) is 2. The van der Waals surface area contributed by atoms with E-state index in [1.807, 2.05) is 11.3 Å². The number of anilines is 1. The van der Waals surface area contributed by atoms with Gasteiger partial charge in [-0.25, -0.2) is 28.4 Å². The molecule has 0 aromatic carbocycles. The van der Waals surface area contributed by atoms with E-state index in [0.29, 0.717) is 74.1 Å². The van der Waals surface area contributed by atoms with Gasteiger partial charge in [-0.2, -0.15) is 0 Å². The average molecular weight is 861 g/mol. The van der Waals surface area contributed by atoms with E-state index in [4.69, 9.17) is 25.2 Å². The summed E-state index contributed by atoms with van der Waals surface area (Å²) in [6.45, 7) is 7.93. The van der Waals surface area contributed by atoms with E-state index in [1.165, 1.54) is 22.0 Å². The molecule has 6 heterocycles. The van der Waals surface area contributed by atoms with Crippen molar-refractivity contribution in [3.05, 3.63) is 34.7 Å². The first-order valence-electron chi connectivity index (χ1n) is 21.9. The summed E-state index contributed by atoms with van der Waals surface area (Å²) in [6.07, 6.45) is 16.2. The van der Waals surface area contributed by atoms with Crippen LogP contribution in [0.25, 0.3) is 21.3 Å². The Bertz CT molecular complexity index is 2260. The number of fused-ring (bicyclic) bond motifs is 3. The van der Waals surface area contributed by atoms with Gasteiger partial charge in [0.2, 0.25) is 26.8 Å². The summed E-state index contributed by atoms with van der Waals surface area (Å²) < 4.78 is 38.2. The van der Waals surface area contributed by atoms with Crippen LogP contribution in [-0.2, 0) is 41.9 Å². The third-order valence-electron chi connectivity index (χ3n) is 12.2. The molecule has 7 rings (SSSR count). The number of hydrogen-bond donors (Lipinski definition) is 2. The van der Waals surface area contributed by atoms with Gasteiger partial charge >= 0.3 is 0 Å². The van der Waals surface area contributed by atoms with Crippen LogP contribution >= 0.6 is 11.3 Å². The number of rotatable bonds is 16. The predicted molar refractivity (Wildman–Crippen MR) is 233 cm³/mol. The Hall–Kier alpha value is -4.17. The minimum Gasteiger partial charge on any atom is -0.382 e. The van der Waals surface area contributed by atoms with Crippen molar-refractivity contribution in [1.29, 1.82) is 0 Å². The molecule has 324 valence electrons. The topological polar surface area (TPSA) is 185 Å². The molecule has 1 saturated carbocycles. The number of thiophene rings is 1. The van der Waals surface area contributed by atoms with Crippen molar-refractivity contribution >= 4 is 60.1 Å². The molecule has 0 bridgehead atoms. The molecule has 2 amide bonds. The maximum atomic E-state index is 13.7. The van der Waals surface area contributed by atoms with E-state index in [1.54, 1.807) is 0 Å². The minimum atomic E-state index is -3.45. The maximum Gasteiger partial charge on any atom is 0.246 e. The van der Waals surface area contributed by atoms with E-state index in [9.17, 15) is 18.0 Å². The molecule has 3 fully saturated rings. The quantitative estimate of drug-likeness (QED) is 0.0759. The van der Waals surface area contributed by atoms with Gasteiger partial charge in [-0.15, -0.1) is 11.3 Å². The number of likely N-dealkylation sites (tertiary alicyclic amines) is 1. The third kappa shape index (κ3) is 11.2. The summed E-state index contributed by atoms with van der Waals surface area (Å²) in [5, 5.41) is 2.68. The lowest BCUT2D eigenvalue weighted by molar-refractivity contribution is -0.138. The largest absolute Gasteiger partial charge is 0.382 e. The summed E-state index contributed by atoms with van der Waals surface area (Å²) >= 11 is 1.85. The number of nitrogens with two attached hydrogens (primary N) is 1. The lowest BCUT2D eigenvalue weighted by atomic mass is 9.81. The first kappa shape index (κ1) is 43.9. The van der Waals surface area contributed by atoms with Gasteiger partial charge in [-0.3, -0.25) is 9.59 Å². The summed E-state index contributed by atoms with van der Waals surface area (Å²) in [4.78, 5) is 46.9. The van der Waals surface area contributed by atoms with Crippen molar-refractivity contribution in [2.75, 3.05) is 58.1 Å². The Labute approximate surface area is 357 Å². The lowest BCUT2D eigenvalue weighted by Gasteiger charge is -2.36. The SMILES string of the molecule is CCCCc1nc2c(N)nc3cc(C4CCN(C(=O)C5CCC(COCCNC(=O)CCCC#Cc6cnc(S(C)(=O)=O)nc6)CC5)CC4)sc3c2n1CC1CCOCC1. The number of aromatic nitrogens is 5. The summed E-state index contributed by atoms with van der Waals surface area (Å²) in [7, 11) is -3.45. The lowest BCUT2D eigenvalue weighted by Crippen LogP contribution is -2.42. The van der Waals surface area contributed by atoms with Crippen molar-refractivity contribution in [2.24, 2.45) is 17.8 Å². The summed E-state index contributed by atoms with van der Waals surface area (Å²) in [5.74, 6) is 9.23. The van der Waals surface area contributed by atoms with Crippen LogP contribution in [-0.4, -0.2) is 102 Å². The van der Waals surface area contributed by atoms with Gasteiger partial charge in [0.05, 0.1) is 27.9 Å². The molecule has 4 aromatic rings. The molecule has 0 unspecified atom stereocenters. The number of nitrogen functional groups attached to an aromatic ring is 1. The molecule has 1 aliphatic carbocycles. The van der Waals surface area contributed by atoms with Crippen molar-refractivity contribution in [3.63, 3.8) is 0 Å². The molecule has 4 aromatic heterocycles. The Morgan fingerprint density at radius 2 is 1.77 bits per heavy atom. The van der Waals surface area contributed by atoms with Gasteiger partial charge in [-0.05, 0) is 88.0 Å². The molecule has 0 spiro atoms. The highest BCUT2D eigenvalue weighted by molar-refractivity contribution is 7.90. The second-order valence-corrected chi connectivity index (χ2v) is 19.8. The number of nitrogens with one attached hydrogen (secondary N) is 1. The van der Waals surface area contributed by atoms with Crippen molar-refractivity contribution in [2.45, 2.75) is 114 Å². The number of sulfone groups is 1. The van der Waals surface area contributed by atoms with Crippen LogP contribution in [0, 0.1) is 29.6 Å². The highest BCUT2D eigenvalue weighted by atomic mass is 32.2. The van der Waals surface area contributed by atoms with E-state index >= 15 is 0 Å². The number of carbonyl (C=O) groups is 2. The Balaban J connectivity index is 0.813. The van der Waals surface area contributed by atoms with Crippen LogP contribution < -0.4 is 11.1 Å². The number of carbonyl (C=O) groups excluding carboxylic acids is 2. The minimum absolute atomic E-state index is 0.0437. The van der Waals surface area contributed by atoms with Crippen LogP contribution in [0.15, 0.2) is 23.6 Å². The van der Waals surface area contributed by atoms with E-state index in [2.05, 4.69) is 49.6 Å². The van der Waals surface area contributed by atoms with Crippen molar-refractivity contribution < 1.29 is 27.5 Å². The third-order valence-corrected chi connectivity index (χ3v) is 14.4. The average Bonchev–Trinajstić information content (AvgIpc) is 3.84. The fraction of sp³-hybridized carbons (Fsp3) is 0.636. The highest BCUT2D eigenvalue weighted by Crippen LogP contribution is 2.41. The number of hydrogen-bond acceptors (Lipinski definition) is 12. The van der Waals surface area contributed by atoms with Crippen LogP contribution in [0.2, 0.25) is 0 Å². The van der Waals surface area contributed by atoms with Crippen LogP contribution in [0.5, 0.6) is 0 Å². The number of pyridine rings is 1. The Morgan fingerprint density at radius 1 is 1.02 bits per heavy atom. The molecule has 0 radical (unpaired) electrons. The molecule has 2 saturated heterocycles.